The molecule has 0 bridgehead atoms. The number of piperidine rings is 1. The number of hydrogen-bond acceptors (Lipinski definition) is 3. The molecule has 102 valence electrons. The van der Waals surface area contributed by atoms with Crippen LogP contribution >= 0.6 is 0 Å². The monoisotopic (exact) mass is 261 g/mol. The second-order valence-electron chi connectivity index (χ2n) is 4.99. The highest BCUT2D eigenvalue weighted by Gasteiger charge is 2.29. The fourth-order valence-electron chi connectivity index (χ4n) is 2.44. The third-order valence-electron chi connectivity index (χ3n) is 3.56. The number of hydrogen-bond donors (Lipinski definition) is 0. The Morgan fingerprint density at radius 2 is 1.95 bits per heavy atom. The molecule has 0 saturated carbocycles. The van der Waals surface area contributed by atoms with E-state index in [0.29, 0.717) is 13.1 Å². The molecule has 4 heteroatoms. The van der Waals surface area contributed by atoms with Gasteiger partial charge in [0.25, 0.3) is 0 Å². The van der Waals surface area contributed by atoms with E-state index in [4.69, 9.17) is 4.74 Å². The quantitative estimate of drug-likeness (QED) is 0.769. The molecule has 0 radical (unpaired) electrons. The summed E-state index contributed by atoms with van der Waals surface area (Å²) in [6.45, 7) is 3.12. The molecular formula is C15H19NO3. The Kier molecular flexibility index (Phi) is 4.20. The number of amides is 1. The molecule has 0 aromatic heterocycles. The number of likely N-dealkylation sites (tertiary alicyclic amines) is 1. The number of carbonyl (C=O) groups is 2. The standard InChI is InChI=1S/C15H19NO3/c1-11-5-7-12(8-6-11)14(17)13-4-3-9-16(10-13)15(18)19-2/h5-8,13H,3-4,9-10H2,1-2H3. The highest BCUT2D eigenvalue weighted by atomic mass is 16.5. The Hall–Kier alpha value is -1.84. The number of carbonyl (C=O) groups excluding carboxylic acids is 2. The van der Waals surface area contributed by atoms with Gasteiger partial charge in [-0.05, 0) is 19.8 Å². The lowest BCUT2D eigenvalue weighted by Gasteiger charge is -2.30. The molecule has 1 atom stereocenters. The van der Waals surface area contributed by atoms with E-state index < -0.39 is 0 Å². The fraction of sp³-hybridized carbons (Fsp3) is 0.467. The first kappa shape index (κ1) is 13.6. The van der Waals surface area contributed by atoms with E-state index in [2.05, 4.69) is 0 Å². The van der Waals surface area contributed by atoms with E-state index in [1.54, 1.807) is 4.90 Å². The van der Waals surface area contributed by atoms with Crippen LogP contribution in [0.1, 0.15) is 28.8 Å². The maximum Gasteiger partial charge on any atom is 0.409 e. The average molecular weight is 261 g/mol. The molecule has 1 unspecified atom stereocenters. The molecule has 1 aliphatic rings. The van der Waals surface area contributed by atoms with Crippen LogP contribution in [0.3, 0.4) is 0 Å². The molecule has 0 N–H and O–H groups in total. The Balaban J connectivity index is 2.06. The van der Waals surface area contributed by atoms with Crippen LogP contribution in [0, 0.1) is 12.8 Å². The molecule has 2 rings (SSSR count). The van der Waals surface area contributed by atoms with Crippen LogP contribution in [0.5, 0.6) is 0 Å². The number of benzene rings is 1. The third kappa shape index (κ3) is 3.13. The molecule has 1 aromatic carbocycles. The van der Waals surface area contributed by atoms with Crippen molar-refractivity contribution in [2.24, 2.45) is 5.92 Å². The van der Waals surface area contributed by atoms with Gasteiger partial charge >= 0.3 is 6.09 Å². The van der Waals surface area contributed by atoms with Crippen LogP contribution in [0.25, 0.3) is 0 Å². The zero-order chi connectivity index (χ0) is 13.8. The lowest BCUT2D eigenvalue weighted by atomic mass is 9.90. The Bertz CT molecular complexity index is 467. The first-order chi connectivity index (χ1) is 9.11. The fourth-order valence-corrected chi connectivity index (χ4v) is 2.44. The van der Waals surface area contributed by atoms with Crippen molar-refractivity contribution in [2.75, 3.05) is 20.2 Å². The first-order valence-electron chi connectivity index (χ1n) is 6.55. The van der Waals surface area contributed by atoms with Crippen LogP contribution in [-0.4, -0.2) is 37.0 Å². The van der Waals surface area contributed by atoms with Crippen molar-refractivity contribution in [1.82, 2.24) is 4.90 Å². The van der Waals surface area contributed by atoms with Gasteiger partial charge in [0.2, 0.25) is 0 Å². The van der Waals surface area contributed by atoms with E-state index >= 15 is 0 Å². The zero-order valence-corrected chi connectivity index (χ0v) is 11.4. The topological polar surface area (TPSA) is 46.6 Å². The second kappa shape index (κ2) is 5.87. The molecular weight excluding hydrogens is 242 g/mol. The zero-order valence-electron chi connectivity index (χ0n) is 11.4. The van der Waals surface area contributed by atoms with Gasteiger partial charge < -0.3 is 9.64 Å². The minimum atomic E-state index is -0.346. The van der Waals surface area contributed by atoms with E-state index in [0.717, 1.165) is 24.0 Å². The van der Waals surface area contributed by atoms with Gasteiger partial charge in [0.05, 0.1) is 7.11 Å². The number of methoxy groups -OCH3 is 1. The van der Waals surface area contributed by atoms with Crippen molar-refractivity contribution < 1.29 is 14.3 Å². The Morgan fingerprint density at radius 1 is 1.26 bits per heavy atom. The molecule has 1 aromatic rings. The molecule has 1 fully saturated rings. The van der Waals surface area contributed by atoms with Gasteiger partial charge in [-0.2, -0.15) is 0 Å². The smallest absolute Gasteiger partial charge is 0.409 e. The second-order valence-corrected chi connectivity index (χ2v) is 4.99. The van der Waals surface area contributed by atoms with Gasteiger partial charge in [-0.3, -0.25) is 4.79 Å². The molecule has 1 aliphatic heterocycles. The van der Waals surface area contributed by atoms with E-state index in [9.17, 15) is 9.59 Å². The van der Waals surface area contributed by atoms with Gasteiger partial charge in [-0.15, -0.1) is 0 Å². The Morgan fingerprint density at radius 3 is 2.58 bits per heavy atom. The third-order valence-corrected chi connectivity index (χ3v) is 3.56. The van der Waals surface area contributed by atoms with Gasteiger partial charge in [0.15, 0.2) is 5.78 Å². The van der Waals surface area contributed by atoms with Crippen molar-refractivity contribution in [1.29, 1.82) is 0 Å². The number of rotatable bonds is 2. The molecule has 0 spiro atoms. The van der Waals surface area contributed by atoms with Crippen LogP contribution in [0.4, 0.5) is 4.79 Å². The summed E-state index contributed by atoms with van der Waals surface area (Å²) in [5.74, 6) is 0.00385. The van der Waals surface area contributed by atoms with E-state index in [1.807, 2.05) is 31.2 Å². The summed E-state index contributed by atoms with van der Waals surface area (Å²) in [5, 5.41) is 0. The summed E-state index contributed by atoms with van der Waals surface area (Å²) < 4.78 is 4.71. The van der Waals surface area contributed by atoms with Gasteiger partial charge in [-0.1, -0.05) is 29.8 Å². The Labute approximate surface area is 113 Å². The predicted molar refractivity (Wildman–Crippen MR) is 72.2 cm³/mol. The van der Waals surface area contributed by atoms with Crippen LogP contribution in [0.15, 0.2) is 24.3 Å². The average Bonchev–Trinajstić information content (AvgIpc) is 2.46. The number of ketones is 1. The van der Waals surface area contributed by atoms with E-state index in [-0.39, 0.29) is 17.8 Å². The molecule has 4 nitrogen and oxygen atoms in total. The summed E-state index contributed by atoms with van der Waals surface area (Å²) in [6, 6.07) is 7.59. The summed E-state index contributed by atoms with van der Waals surface area (Å²) in [7, 11) is 1.37. The highest BCUT2D eigenvalue weighted by molar-refractivity contribution is 5.98. The summed E-state index contributed by atoms with van der Waals surface area (Å²) in [5.41, 5.74) is 1.86. The lowest BCUT2D eigenvalue weighted by Crippen LogP contribution is -2.42. The maximum absolute atomic E-state index is 12.4. The van der Waals surface area contributed by atoms with Crippen LogP contribution in [-0.2, 0) is 4.74 Å². The van der Waals surface area contributed by atoms with Crippen molar-refractivity contribution in [2.45, 2.75) is 19.8 Å². The predicted octanol–water partition coefficient (Wildman–Crippen LogP) is 2.66. The van der Waals surface area contributed by atoms with Crippen molar-refractivity contribution >= 4 is 11.9 Å². The van der Waals surface area contributed by atoms with Crippen LogP contribution < -0.4 is 0 Å². The number of ether oxygens (including phenoxy) is 1. The van der Waals surface area contributed by atoms with Crippen molar-refractivity contribution in [3.8, 4) is 0 Å². The molecule has 19 heavy (non-hydrogen) atoms. The summed E-state index contributed by atoms with van der Waals surface area (Å²) in [4.78, 5) is 25.5. The lowest BCUT2D eigenvalue weighted by molar-refractivity contribution is 0.0772. The number of aryl methyl sites for hydroxylation is 1. The molecule has 1 saturated heterocycles. The van der Waals surface area contributed by atoms with Gasteiger partial charge in [0, 0.05) is 24.6 Å². The minimum Gasteiger partial charge on any atom is -0.453 e. The van der Waals surface area contributed by atoms with Crippen molar-refractivity contribution in [3.63, 3.8) is 0 Å². The van der Waals surface area contributed by atoms with Gasteiger partial charge in [-0.25, -0.2) is 4.79 Å². The number of nitrogens with zero attached hydrogens (tertiary/aromatic N) is 1. The van der Waals surface area contributed by atoms with Crippen molar-refractivity contribution in [3.05, 3.63) is 35.4 Å². The molecule has 1 amide bonds. The largest absolute Gasteiger partial charge is 0.453 e. The summed E-state index contributed by atoms with van der Waals surface area (Å²) >= 11 is 0. The van der Waals surface area contributed by atoms with E-state index in [1.165, 1.54) is 7.11 Å². The normalized spacial score (nSPS) is 19.1. The molecule has 0 aliphatic carbocycles. The highest BCUT2D eigenvalue weighted by Crippen LogP contribution is 2.21. The molecule has 1 heterocycles. The maximum atomic E-state index is 12.4. The van der Waals surface area contributed by atoms with Gasteiger partial charge in [0.1, 0.15) is 0 Å². The SMILES string of the molecule is COC(=O)N1CCCC(C(=O)c2ccc(C)cc2)C1. The minimum absolute atomic E-state index is 0.115. The number of Topliss-reactive ketones (excluding diaryl/α,β-unsaturated/α-hetero) is 1. The first-order valence-corrected chi connectivity index (χ1v) is 6.55. The van der Waals surface area contributed by atoms with Crippen LogP contribution in [0.2, 0.25) is 0 Å². The summed E-state index contributed by atoms with van der Waals surface area (Å²) in [6.07, 6.45) is 1.33.